The van der Waals surface area contributed by atoms with Crippen LogP contribution in [0, 0.1) is 20.8 Å². The van der Waals surface area contributed by atoms with Gasteiger partial charge < -0.3 is 10.6 Å². The zero-order chi connectivity index (χ0) is 22.5. The van der Waals surface area contributed by atoms with Gasteiger partial charge in [0, 0.05) is 34.6 Å². The van der Waals surface area contributed by atoms with E-state index in [0.717, 1.165) is 28.2 Å². The first kappa shape index (κ1) is 22.0. The topological polar surface area (TPSA) is 76.0 Å². The fraction of sp³-hybridized carbons (Fsp3) is 0.240. The third-order valence-electron chi connectivity index (χ3n) is 4.92. The van der Waals surface area contributed by atoms with E-state index in [0.29, 0.717) is 11.3 Å². The molecule has 2 N–H and O–H groups in total. The lowest BCUT2D eigenvalue weighted by atomic mass is 10.1. The summed E-state index contributed by atoms with van der Waals surface area (Å²) in [5.41, 5.74) is 5.64. The predicted molar refractivity (Wildman–Crippen MR) is 124 cm³/mol. The molecule has 0 atom stereocenters. The molecule has 0 saturated heterocycles. The first-order valence-corrected chi connectivity index (χ1v) is 10.3. The van der Waals surface area contributed by atoms with E-state index in [1.807, 2.05) is 75.7 Å². The lowest BCUT2D eigenvalue weighted by molar-refractivity contribution is -0.111. The molecule has 3 rings (SSSR count). The highest BCUT2D eigenvalue weighted by molar-refractivity contribution is 6.03. The van der Waals surface area contributed by atoms with Crippen LogP contribution in [0.1, 0.15) is 46.7 Å². The molecule has 3 aromatic rings. The van der Waals surface area contributed by atoms with Crippen molar-refractivity contribution in [1.29, 1.82) is 0 Å². The Morgan fingerprint density at radius 3 is 2.42 bits per heavy atom. The molecular formula is C25H28N4O2. The average Bonchev–Trinajstić information content (AvgIpc) is 3.01. The van der Waals surface area contributed by atoms with Gasteiger partial charge in [0.2, 0.25) is 5.91 Å². The van der Waals surface area contributed by atoms with Gasteiger partial charge in [-0.05, 0) is 70.5 Å². The van der Waals surface area contributed by atoms with Crippen molar-refractivity contribution in [3.8, 4) is 5.69 Å². The molecule has 0 fully saturated rings. The molecule has 0 spiro atoms. The van der Waals surface area contributed by atoms with Crippen LogP contribution in [0.2, 0.25) is 0 Å². The van der Waals surface area contributed by atoms with Crippen LogP contribution >= 0.6 is 0 Å². The molecule has 0 saturated carbocycles. The van der Waals surface area contributed by atoms with Crippen molar-refractivity contribution in [2.45, 2.75) is 40.7 Å². The number of rotatable bonds is 6. The number of aromatic nitrogens is 2. The van der Waals surface area contributed by atoms with Crippen molar-refractivity contribution in [2.24, 2.45) is 0 Å². The van der Waals surface area contributed by atoms with Gasteiger partial charge in [-0.3, -0.25) is 9.59 Å². The maximum Gasteiger partial charge on any atom is 0.251 e. The summed E-state index contributed by atoms with van der Waals surface area (Å²) in [7, 11) is 0. The number of carbonyl (C=O) groups excluding carboxylic acids is 2. The Kier molecular flexibility index (Phi) is 6.70. The van der Waals surface area contributed by atoms with Gasteiger partial charge in [0.25, 0.3) is 5.91 Å². The zero-order valence-electron chi connectivity index (χ0n) is 18.6. The first-order valence-electron chi connectivity index (χ1n) is 10.3. The summed E-state index contributed by atoms with van der Waals surface area (Å²) in [5.74, 6) is -0.427. The van der Waals surface area contributed by atoms with Crippen LogP contribution in [-0.4, -0.2) is 27.6 Å². The van der Waals surface area contributed by atoms with Crippen LogP contribution < -0.4 is 10.6 Å². The number of aryl methyl sites for hydroxylation is 2. The molecule has 6 nitrogen and oxygen atoms in total. The second-order valence-corrected chi connectivity index (χ2v) is 7.81. The third kappa shape index (κ3) is 5.28. The monoisotopic (exact) mass is 416 g/mol. The Labute approximate surface area is 183 Å². The lowest BCUT2D eigenvalue weighted by Crippen LogP contribution is -2.30. The van der Waals surface area contributed by atoms with Gasteiger partial charge in [-0.15, -0.1) is 0 Å². The zero-order valence-corrected chi connectivity index (χ0v) is 18.6. The first-order chi connectivity index (χ1) is 14.8. The molecular weight excluding hydrogens is 388 g/mol. The third-order valence-corrected chi connectivity index (χ3v) is 4.92. The van der Waals surface area contributed by atoms with Crippen molar-refractivity contribution >= 4 is 23.6 Å². The summed E-state index contributed by atoms with van der Waals surface area (Å²) in [6.07, 6.45) is 3.26. The van der Waals surface area contributed by atoms with Gasteiger partial charge in [-0.25, -0.2) is 4.68 Å². The average molecular weight is 417 g/mol. The van der Waals surface area contributed by atoms with Crippen LogP contribution in [0.5, 0.6) is 0 Å². The van der Waals surface area contributed by atoms with E-state index in [1.165, 1.54) is 6.08 Å². The minimum absolute atomic E-state index is 0.0383. The molecule has 160 valence electrons. The number of nitrogens with zero attached hydrogens (tertiary/aromatic N) is 2. The Bertz CT molecular complexity index is 1130. The minimum atomic E-state index is -0.273. The van der Waals surface area contributed by atoms with Gasteiger partial charge >= 0.3 is 0 Å². The molecule has 0 aliphatic rings. The summed E-state index contributed by atoms with van der Waals surface area (Å²) >= 11 is 0. The van der Waals surface area contributed by atoms with E-state index in [9.17, 15) is 9.59 Å². The van der Waals surface area contributed by atoms with E-state index >= 15 is 0 Å². The second-order valence-electron chi connectivity index (χ2n) is 7.81. The van der Waals surface area contributed by atoms with Gasteiger partial charge in [0.05, 0.1) is 11.4 Å². The van der Waals surface area contributed by atoms with Crippen LogP contribution in [0.15, 0.2) is 54.6 Å². The highest BCUT2D eigenvalue weighted by Gasteiger charge is 2.13. The standard InChI is InChI=1S/C25H28N4O2/c1-16(2)26-25(31)23-15-20(12-11-17(23)3)27-24(30)14-13-22-18(4)28-29(19(22)5)21-9-7-6-8-10-21/h6-16H,1-5H3,(H,26,31)(H,27,30). The van der Waals surface area contributed by atoms with Crippen molar-refractivity contribution in [3.05, 3.63) is 82.7 Å². The van der Waals surface area contributed by atoms with Crippen LogP contribution in [0.4, 0.5) is 5.69 Å². The molecule has 2 aromatic carbocycles. The number of carbonyl (C=O) groups is 2. The van der Waals surface area contributed by atoms with Gasteiger partial charge in [-0.2, -0.15) is 5.10 Å². The smallest absolute Gasteiger partial charge is 0.251 e. The van der Waals surface area contributed by atoms with Crippen molar-refractivity contribution in [3.63, 3.8) is 0 Å². The van der Waals surface area contributed by atoms with E-state index in [1.54, 1.807) is 18.2 Å². The molecule has 0 aliphatic heterocycles. The quantitative estimate of drug-likeness (QED) is 0.577. The molecule has 0 aliphatic carbocycles. The predicted octanol–water partition coefficient (Wildman–Crippen LogP) is 4.59. The van der Waals surface area contributed by atoms with Crippen LogP contribution in [0.25, 0.3) is 11.8 Å². The molecule has 1 heterocycles. The van der Waals surface area contributed by atoms with Gasteiger partial charge in [-0.1, -0.05) is 24.3 Å². The summed E-state index contributed by atoms with van der Waals surface area (Å²) in [5, 5.41) is 10.3. The number of hydrogen-bond acceptors (Lipinski definition) is 3. The normalized spacial score (nSPS) is 11.2. The molecule has 31 heavy (non-hydrogen) atoms. The Hall–Kier alpha value is -3.67. The SMILES string of the molecule is Cc1ccc(NC(=O)C=Cc2c(C)nn(-c3ccccc3)c2C)cc1C(=O)NC(C)C. The summed E-state index contributed by atoms with van der Waals surface area (Å²) in [6.45, 7) is 9.59. The van der Waals surface area contributed by atoms with E-state index in [-0.39, 0.29) is 17.9 Å². The summed E-state index contributed by atoms with van der Waals surface area (Å²) < 4.78 is 1.87. The van der Waals surface area contributed by atoms with Crippen LogP contribution in [0.3, 0.4) is 0 Å². The van der Waals surface area contributed by atoms with Crippen molar-refractivity contribution in [2.75, 3.05) is 5.32 Å². The minimum Gasteiger partial charge on any atom is -0.350 e. The van der Waals surface area contributed by atoms with Crippen molar-refractivity contribution in [1.82, 2.24) is 15.1 Å². The Balaban J connectivity index is 1.76. The molecule has 0 bridgehead atoms. The van der Waals surface area contributed by atoms with Crippen molar-refractivity contribution < 1.29 is 9.59 Å². The fourth-order valence-electron chi connectivity index (χ4n) is 3.34. The fourth-order valence-corrected chi connectivity index (χ4v) is 3.34. The molecule has 6 heteroatoms. The summed E-state index contributed by atoms with van der Waals surface area (Å²) in [4.78, 5) is 24.9. The number of nitrogens with one attached hydrogen (secondary N) is 2. The number of benzene rings is 2. The highest BCUT2D eigenvalue weighted by atomic mass is 16.2. The van der Waals surface area contributed by atoms with E-state index in [2.05, 4.69) is 15.7 Å². The molecule has 2 amide bonds. The highest BCUT2D eigenvalue weighted by Crippen LogP contribution is 2.20. The lowest BCUT2D eigenvalue weighted by Gasteiger charge is -2.12. The second kappa shape index (κ2) is 9.43. The van der Waals surface area contributed by atoms with E-state index < -0.39 is 0 Å². The summed E-state index contributed by atoms with van der Waals surface area (Å²) in [6, 6.07) is 15.2. The maximum absolute atomic E-state index is 12.5. The number of para-hydroxylation sites is 1. The molecule has 0 radical (unpaired) electrons. The van der Waals surface area contributed by atoms with Gasteiger partial charge in [0.1, 0.15) is 0 Å². The maximum atomic E-state index is 12.5. The molecule has 0 unspecified atom stereocenters. The van der Waals surface area contributed by atoms with Crippen LogP contribution in [-0.2, 0) is 4.79 Å². The molecule has 1 aromatic heterocycles. The van der Waals surface area contributed by atoms with E-state index in [4.69, 9.17) is 0 Å². The Morgan fingerprint density at radius 2 is 1.74 bits per heavy atom. The number of anilines is 1. The number of hydrogen-bond donors (Lipinski definition) is 2. The Morgan fingerprint density at radius 1 is 1.03 bits per heavy atom. The number of amides is 2. The van der Waals surface area contributed by atoms with Gasteiger partial charge in [0.15, 0.2) is 0 Å². The largest absolute Gasteiger partial charge is 0.350 e.